The smallest absolute Gasteiger partial charge is 0.214 e. The number of rotatable bonds is 5. The summed E-state index contributed by atoms with van der Waals surface area (Å²) in [5.41, 5.74) is 2.14. The molecular formula is C18H22FIN6O. The zero-order valence-corrected chi connectivity index (χ0v) is 17.7. The second-order valence-electron chi connectivity index (χ2n) is 5.78. The van der Waals surface area contributed by atoms with Gasteiger partial charge in [0.25, 0.3) is 0 Å². The molecule has 27 heavy (non-hydrogen) atoms. The van der Waals surface area contributed by atoms with Crippen LogP contribution in [-0.4, -0.2) is 27.5 Å². The van der Waals surface area contributed by atoms with Gasteiger partial charge < -0.3 is 19.6 Å². The number of aliphatic imine (C=N–C) groups is 1. The summed E-state index contributed by atoms with van der Waals surface area (Å²) in [6.07, 6.45) is 4.88. The van der Waals surface area contributed by atoms with Gasteiger partial charge in [-0.05, 0) is 31.5 Å². The van der Waals surface area contributed by atoms with Crippen molar-refractivity contribution in [2.45, 2.75) is 26.9 Å². The average Bonchev–Trinajstić information content (AvgIpc) is 3.26. The van der Waals surface area contributed by atoms with Gasteiger partial charge in [-0.25, -0.2) is 14.4 Å². The minimum atomic E-state index is -0.309. The van der Waals surface area contributed by atoms with Crippen LogP contribution in [0.5, 0.6) is 0 Å². The van der Waals surface area contributed by atoms with Crippen LogP contribution in [0.1, 0.15) is 22.9 Å². The highest BCUT2D eigenvalue weighted by atomic mass is 127. The predicted octanol–water partition coefficient (Wildman–Crippen LogP) is 3.10. The van der Waals surface area contributed by atoms with Gasteiger partial charge in [-0.1, -0.05) is 6.07 Å². The van der Waals surface area contributed by atoms with Gasteiger partial charge in [-0.15, -0.1) is 24.0 Å². The molecule has 3 rings (SSSR count). The third-order valence-electron chi connectivity index (χ3n) is 3.96. The zero-order chi connectivity index (χ0) is 18.5. The molecule has 2 aromatic heterocycles. The topological polar surface area (TPSA) is 80.3 Å². The number of aromatic nitrogens is 3. The Morgan fingerprint density at radius 1 is 1.26 bits per heavy atom. The lowest BCUT2D eigenvalue weighted by Crippen LogP contribution is -2.36. The second-order valence-corrected chi connectivity index (χ2v) is 5.78. The molecule has 0 radical (unpaired) electrons. The molecule has 0 saturated heterocycles. The van der Waals surface area contributed by atoms with Gasteiger partial charge in [0, 0.05) is 26.0 Å². The molecule has 0 saturated carbocycles. The minimum Gasteiger partial charge on any atom is -0.444 e. The fourth-order valence-electron chi connectivity index (χ4n) is 2.45. The summed E-state index contributed by atoms with van der Waals surface area (Å²) in [5, 5.41) is 6.26. The van der Waals surface area contributed by atoms with Gasteiger partial charge >= 0.3 is 0 Å². The van der Waals surface area contributed by atoms with E-state index in [0.29, 0.717) is 30.6 Å². The highest BCUT2D eigenvalue weighted by Crippen LogP contribution is 2.15. The van der Waals surface area contributed by atoms with Crippen LogP contribution in [0.25, 0.3) is 5.69 Å². The third kappa shape index (κ3) is 5.28. The van der Waals surface area contributed by atoms with Crippen LogP contribution in [0, 0.1) is 19.7 Å². The average molecular weight is 484 g/mol. The van der Waals surface area contributed by atoms with Crippen molar-refractivity contribution in [1.29, 1.82) is 0 Å². The predicted molar refractivity (Wildman–Crippen MR) is 112 cm³/mol. The molecule has 0 bridgehead atoms. The van der Waals surface area contributed by atoms with E-state index in [1.807, 2.05) is 19.9 Å². The molecule has 0 aliphatic rings. The normalized spacial score (nSPS) is 11.2. The van der Waals surface area contributed by atoms with Crippen LogP contribution < -0.4 is 10.6 Å². The molecule has 9 heteroatoms. The molecule has 0 spiro atoms. The molecular weight excluding hydrogens is 462 g/mol. The van der Waals surface area contributed by atoms with E-state index in [-0.39, 0.29) is 29.8 Å². The standard InChI is InChI=1S/C18H21FN6O.HI/c1-12-13(2)26-17(24-12)10-23-18(20-3)22-9-14-4-5-16(15(19)8-14)25-7-6-21-11-25;/h4-8,11H,9-10H2,1-3H3,(H2,20,22,23);1H. The van der Waals surface area contributed by atoms with Crippen molar-refractivity contribution in [3.8, 4) is 5.69 Å². The van der Waals surface area contributed by atoms with Crippen molar-refractivity contribution >= 4 is 29.9 Å². The van der Waals surface area contributed by atoms with E-state index in [0.717, 1.165) is 17.0 Å². The summed E-state index contributed by atoms with van der Waals surface area (Å²) < 4.78 is 21.4. The van der Waals surface area contributed by atoms with Crippen molar-refractivity contribution in [2.75, 3.05) is 7.05 Å². The van der Waals surface area contributed by atoms with E-state index in [9.17, 15) is 4.39 Å². The van der Waals surface area contributed by atoms with Crippen molar-refractivity contribution in [2.24, 2.45) is 4.99 Å². The molecule has 0 aliphatic heterocycles. The van der Waals surface area contributed by atoms with Crippen molar-refractivity contribution in [1.82, 2.24) is 25.2 Å². The van der Waals surface area contributed by atoms with E-state index in [1.54, 1.807) is 36.4 Å². The van der Waals surface area contributed by atoms with E-state index in [2.05, 4.69) is 25.6 Å². The highest BCUT2D eigenvalue weighted by molar-refractivity contribution is 14.0. The van der Waals surface area contributed by atoms with E-state index < -0.39 is 0 Å². The fraction of sp³-hybridized carbons (Fsp3) is 0.278. The lowest BCUT2D eigenvalue weighted by Gasteiger charge is -2.12. The molecule has 3 aromatic rings. The molecule has 2 N–H and O–H groups in total. The van der Waals surface area contributed by atoms with Crippen LogP contribution in [0.3, 0.4) is 0 Å². The monoisotopic (exact) mass is 484 g/mol. The Morgan fingerprint density at radius 3 is 2.63 bits per heavy atom. The first-order chi connectivity index (χ1) is 12.6. The third-order valence-corrected chi connectivity index (χ3v) is 3.96. The van der Waals surface area contributed by atoms with Crippen LogP contribution in [0.15, 0.2) is 46.3 Å². The van der Waals surface area contributed by atoms with E-state index in [1.165, 1.54) is 6.07 Å². The molecule has 0 unspecified atom stereocenters. The number of halogens is 2. The number of aryl methyl sites for hydroxylation is 2. The summed E-state index contributed by atoms with van der Waals surface area (Å²) in [6.45, 7) is 4.63. The Hall–Kier alpha value is -2.43. The van der Waals surface area contributed by atoms with E-state index in [4.69, 9.17) is 4.42 Å². The maximum atomic E-state index is 14.3. The van der Waals surface area contributed by atoms with Gasteiger partial charge in [0.2, 0.25) is 5.89 Å². The number of hydrogen-bond donors (Lipinski definition) is 2. The number of oxazole rings is 1. The number of nitrogens with zero attached hydrogens (tertiary/aromatic N) is 4. The lowest BCUT2D eigenvalue weighted by molar-refractivity contribution is 0.463. The van der Waals surface area contributed by atoms with Crippen molar-refractivity contribution in [3.63, 3.8) is 0 Å². The maximum absolute atomic E-state index is 14.3. The van der Waals surface area contributed by atoms with E-state index >= 15 is 0 Å². The first-order valence-corrected chi connectivity index (χ1v) is 8.21. The molecule has 0 fully saturated rings. The number of imidazole rings is 1. The molecule has 0 amide bonds. The Morgan fingerprint density at radius 2 is 2.04 bits per heavy atom. The Kier molecular flexibility index (Phi) is 7.34. The van der Waals surface area contributed by atoms with Gasteiger partial charge in [-0.2, -0.15) is 0 Å². The first kappa shape index (κ1) is 20.9. The Bertz CT molecular complexity index is 887. The lowest BCUT2D eigenvalue weighted by atomic mass is 10.2. The summed E-state index contributed by atoms with van der Waals surface area (Å²) >= 11 is 0. The summed E-state index contributed by atoms with van der Waals surface area (Å²) in [5.74, 6) is 1.67. The zero-order valence-electron chi connectivity index (χ0n) is 15.4. The van der Waals surface area contributed by atoms with Crippen LogP contribution in [-0.2, 0) is 13.1 Å². The molecule has 2 heterocycles. The van der Waals surface area contributed by atoms with Crippen LogP contribution >= 0.6 is 24.0 Å². The maximum Gasteiger partial charge on any atom is 0.214 e. The number of hydrogen-bond acceptors (Lipinski definition) is 4. The van der Waals surface area contributed by atoms with Crippen LogP contribution in [0.4, 0.5) is 4.39 Å². The minimum absolute atomic E-state index is 0. The number of guanidine groups is 1. The van der Waals surface area contributed by atoms with Gasteiger partial charge in [0.15, 0.2) is 5.96 Å². The van der Waals surface area contributed by atoms with Crippen molar-refractivity contribution in [3.05, 3.63) is 65.6 Å². The molecule has 144 valence electrons. The SMILES string of the molecule is CN=C(NCc1ccc(-n2ccnc2)c(F)c1)NCc1nc(C)c(C)o1.I. The largest absolute Gasteiger partial charge is 0.444 e. The molecule has 7 nitrogen and oxygen atoms in total. The first-order valence-electron chi connectivity index (χ1n) is 8.21. The fourth-order valence-corrected chi connectivity index (χ4v) is 2.45. The highest BCUT2D eigenvalue weighted by Gasteiger charge is 2.08. The molecule has 0 atom stereocenters. The quantitative estimate of drug-likeness (QED) is 0.331. The molecule has 1 aromatic carbocycles. The number of benzene rings is 1. The summed E-state index contributed by atoms with van der Waals surface area (Å²) in [7, 11) is 1.67. The second kappa shape index (κ2) is 9.49. The number of nitrogens with one attached hydrogen (secondary N) is 2. The Labute approximate surface area is 174 Å². The van der Waals surface area contributed by atoms with Crippen molar-refractivity contribution < 1.29 is 8.81 Å². The summed E-state index contributed by atoms with van der Waals surface area (Å²) in [6, 6.07) is 5.08. The van der Waals surface area contributed by atoms with Gasteiger partial charge in [0.05, 0.1) is 24.3 Å². The molecule has 0 aliphatic carbocycles. The van der Waals surface area contributed by atoms with Gasteiger partial charge in [-0.3, -0.25) is 4.99 Å². The van der Waals surface area contributed by atoms with Gasteiger partial charge in [0.1, 0.15) is 11.6 Å². The van der Waals surface area contributed by atoms with Crippen LogP contribution in [0.2, 0.25) is 0 Å². The Balaban J connectivity index is 0.00000261. The summed E-state index contributed by atoms with van der Waals surface area (Å²) in [4.78, 5) is 12.4.